The number of ether oxygens (including phenoxy) is 1. The first-order valence-corrected chi connectivity index (χ1v) is 13.2. The van der Waals surface area contributed by atoms with Gasteiger partial charge in [-0.25, -0.2) is 4.79 Å². The predicted molar refractivity (Wildman–Crippen MR) is 137 cm³/mol. The average molecular weight is 553 g/mol. The number of hydrogen-bond donors (Lipinski definition) is 1. The topological polar surface area (TPSA) is 92.8 Å². The zero-order chi connectivity index (χ0) is 25.6. The summed E-state index contributed by atoms with van der Waals surface area (Å²) in [5.74, 6) is -1.96. The number of nitrogens with zero attached hydrogens (tertiary/aromatic N) is 1. The molecule has 0 aromatic heterocycles. The van der Waals surface area contributed by atoms with Gasteiger partial charge in [0, 0.05) is 16.6 Å². The van der Waals surface area contributed by atoms with Crippen molar-refractivity contribution in [2.24, 2.45) is 23.7 Å². The molecular formula is C28H29BrN2O5. The number of halogens is 1. The summed E-state index contributed by atoms with van der Waals surface area (Å²) in [6, 6.07) is 11.9. The highest BCUT2D eigenvalue weighted by Crippen LogP contribution is 2.56. The molecule has 3 fully saturated rings. The van der Waals surface area contributed by atoms with Gasteiger partial charge in [-0.1, -0.05) is 46.3 Å². The molecule has 1 heterocycles. The van der Waals surface area contributed by atoms with Crippen molar-refractivity contribution in [1.82, 2.24) is 4.90 Å². The van der Waals surface area contributed by atoms with Crippen LogP contribution >= 0.6 is 15.9 Å². The lowest BCUT2D eigenvalue weighted by Gasteiger charge is -2.26. The second-order valence-electron chi connectivity index (χ2n) is 10.2. The number of carbonyl (C=O) groups excluding carboxylic acids is 4. The Morgan fingerprint density at radius 3 is 2.31 bits per heavy atom. The molecule has 7 nitrogen and oxygen atoms in total. The Morgan fingerprint density at radius 1 is 1.03 bits per heavy atom. The molecule has 3 aliphatic rings. The molecule has 2 saturated carbocycles. The Morgan fingerprint density at radius 2 is 1.67 bits per heavy atom. The summed E-state index contributed by atoms with van der Waals surface area (Å²) in [6.45, 7) is 3.28. The van der Waals surface area contributed by atoms with Crippen molar-refractivity contribution in [1.29, 1.82) is 0 Å². The summed E-state index contributed by atoms with van der Waals surface area (Å²) < 4.78 is 6.33. The lowest BCUT2D eigenvalue weighted by Crippen LogP contribution is -2.48. The van der Waals surface area contributed by atoms with Gasteiger partial charge in [0.1, 0.15) is 6.04 Å². The predicted octanol–water partition coefficient (Wildman–Crippen LogP) is 4.19. The first kappa shape index (κ1) is 24.7. The van der Waals surface area contributed by atoms with Crippen LogP contribution in [0.3, 0.4) is 0 Å². The van der Waals surface area contributed by atoms with E-state index < -0.39 is 24.5 Å². The highest BCUT2D eigenvalue weighted by molar-refractivity contribution is 9.10. The van der Waals surface area contributed by atoms with E-state index in [1.807, 2.05) is 56.3 Å². The summed E-state index contributed by atoms with van der Waals surface area (Å²) in [5, 5.41) is 2.78. The molecule has 1 N–H and O–H groups in total. The van der Waals surface area contributed by atoms with Gasteiger partial charge < -0.3 is 10.1 Å². The lowest BCUT2D eigenvalue weighted by atomic mass is 9.81. The molecule has 0 radical (unpaired) electrons. The molecular weight excluding hydrogens is 524 g/mol. The maximum Gasteiger partial charge on any atom is 0.330 e. The minimum atomic E-state index is -1.10. The molecule has 36 heavy (non-hydrogen) atoms. The Bertz CT molecular complexity index is 1200. The molecule has 0 unspecified atom stereocenters. The van der Waals surface area contributed by atoms with Gasteiger partial charge in [-0.3, -0.25) is 19.3 Å². The molecule has 3 amide bonds. The van der Waals surface area contributed by atoms with Gasteiger partial charge in [0.15, 0.2) is 6.61 Å². The van der Waals surface area contributed by atoms with E-state index in [-0.39, 0.29) is 41.9 Å². The summed E-state index contributed by atoms with van der Waals surface area (Å²) in [6.07, 6.45) is 2.99. The van der Waals surface area contributed by atoms with Crippen molar-refractivity contribution in [2.45, 2.75) is 45.6 Å². The number of anilines is 1. The van der Waals surface area contributed by atoms with Crippen LogP contribution < -0.4 is 5.32 Å². The lowest BCUT2D eigenvalue weighted by molar-refractivity contribution is -0.160. The highest BCUT2D eigenvalue weighted by atomic mass is 79.9. The number of esters is 1. The maximum absolute atomic E-state index is 13.4. The number of fused-ring (bicyclic) bond motifs is 5. The van der Waals surface area contributed by atoms with Crippen LogP contribution in [0.5, 0.6) is 0 Å². The van der Waals surface area contributed by atoms with Crippen LogP contribution in [-0.4, -0.2) is 41.2 Å². The third-order valence-corrected chi connectivity index (χ3v) is 8.80. The zero-order valence-corrected chi connectivity index (χ0v) is 21.9. The first-order valence-electron chi connectivity index (χ1n) is 12.4. The fraction of sp³-hybridized carbons (Fsp3) is 0.429. The van der Waals surface area contributed by atoms with Crippen LogP contribution in [0.25, 0.3) is 0 Å². The van der Waals surface area contributed by atoms with Crippen molar-refractivity contribution in [3.8, 4) is 0 Å². The maximum atomic E-state index is 13.4. The molecule has 2 aromatic carbocycles. The van der Waals surface area contributed by atoms with E-state index in [9.17, 15) is 19.2 Å². The summed E-state index contributed by atoms with van der Waals surface area (Å²) in [4.78, 5) is 53.9. The monoisotopic (exact) mass is 552 g/mol. The van der Waals surface area contributed by atoms with Crippen molar-refractivity contribution < 1.29 is 23.9 Å². The first-order chi connectivity index (χ1) is 17.2. The number of nitrogens with one attached hydrogen (secondary N) is 1. The normalized spacial score (nSPS) is 25.1. The number of hydrogen-bond acceptors (Lipinski definition) is 5. The fourth-order valence-electron chi connectivity index (χ4n) is 6.19. The Hall–Kier alpha value is -3.00. The number of benzene rings is 2. The quantitative estimate of drug-likeness (QED) is 0.410. The van der Waals surface area contributed by atoms with Gasteiger partial charge >= 0.3 is 5.97 Å². The number of likely N-dealkylation sites (tertiary alicyclic amines) is 1. The Labute approximate surface area is 218 Å². The molecule has 0 spiro atoms. The molecule has 8 heteroatoms. The van der Waals surface area contributed by atoms with E-state index in [1.165, 1.54) is 0 Å². The van der Waals surface area contributed by atoms with Crippen molar-refractivity contribution in [2.75, 3.05) is 11.9 Å². The molecule has 5 atom stereocenters. The molecule has 2 aliphatic carbocycles. The number of imide groups is 1. The van der Waals surface area contributed by atoms with Crippen LogP contribution in [0.1, 0.15) is 36.0 Å². The van der Waals surface area contributed by atoms with E-state index in [4.69, 9.17) is 4.74 Å². The molecule has 5 rings (SSSR count). The van der Waals surface area contributed by atoms with Crippen LogP contribution in [0.4, 0.5) is 5.69 Å². The van der Waals surface area contributed by atoms with E-state index >= 15 is 0 Å². The summed E-state index contributed by atoms with van der Waals surface area (Å²) >= 11 is 3.47. The van der Waals surface area contributed by atoms with Gasteiger partial charge in [-0.15, -0.1) is 0 Å². The fourth-order valence-corrected chi connectivity index (χ4v) is 6.65. The molecule has 1 aliphatic heterocycles. The van der Waals surface area contributed by atoms with Crippen LogP contribution in [0, 0.1) is 37.5 Å². The van der Waals surface area contributed by atoms with Crippen molar-refractivity contribution in [3.63, 3.8) is 0 Å². The van der Waals surface area contributed by atoms with Gasteiger partial charge in [0.05, 0.1) is 11.8 Å². The molecule has 1 saturated heterocycles. The third-order valence-electron chi connectivity index (χ3n) is 7.94. The van der Waals surface area contributed by atoms with Crippen molar-refractivity contribution >= 4 is 45.3 Å². The van der Waals surface area contributed by atoms with Gasteiger partial charge in [0.25, 0.3) is 5.91 Å². The van der Waals surface area contributed by atoms with E-state index in [0.717, 1.165) is 45.3 Å². The van der Waals surface area contributed by atoms with Gasteiger partial charge in [-0.05, 0) is 73.8 Å². The second-order valence-corrected chi connectivity index (χ2v) is 11.1. The number of rotatable bonds is 7. The Kier molecular flexibility index (Phi) is 6.72. The zero-order valence-electron chi connectivity index (χ0n) is 20.3. The molecule has 188 valence electrons. The summed E-state index contributed by atoms with van der Waals surface area (Å²) in [7, 11) is 0. The Balaban J connectivity index is 1.32. The van der Waals surface area contributed by atoms with Crippen molar-refractivity contribution in [3.05, 3.63) is 63.6 Å². The van der Waals surface area contributed by atoms with Gasteiger partial charge in [-0.2, -0.15) is 0 Å². The molecule has 2 bridgehead atoms. The highest BCUT2D eigenvalue weighted by Gasteiger charge is 2.62. The molecule has 2 aromatic rings. The number of amides is 3. The number of carbonyl (C=O) groups is 4. The van der Waals surface area contributed by atoms with Gasteiger partial charge in [0.2, 0.25) is 11.8 Å². The van der Waals surface area contributed by atoms with E-state index in [2.05, 4.69) is 21.2 Å². The number of aryl methyl sites for hydroxylation is 2. The summed E-state index contributed by atoms with van der Waals surface area (Å²) in [5.41, 5.74) is 3.27. The average Bonchev–Trinajstić information content (AvgIpc) is 3.54. The minimum absolute atomic E-state index is 0.151. The van der Waals surface area contributed by atoms with Crippen LogP contribution in [0.15, 0.2) is 46.9 Å². The minimum Gasteiger partial charge on any atom is -0.454 e. The van der Waals surface area contributed by atoms with Crippen LogP contribution in [0.2, 0.25) is 0 Å². The van der Waals surface area contributed by atoms with E-state index in [0.29, 0.717) is 5.69 Å². The van der Waals surface area contributed by atoms with Crippen LogP contribution in [-0.2, 0) is 30.3 Å². The third kappa shape index (κ3) is 4.47. The standard InChI is InChI=1S/C28H29BrN2O5/c1-15-11-21(16(2)10-20(15)29)30-23(32)14-36-28(35)22(12-17-6-4-3-5-7-17)31-26(33)24-18-8-9-19(13-18)25(24)27(31)34/h3-7,10-11,18-19,22,24-25H,8-9,12-14H2,1-2H3,(H,30,32)/t18-,19-,22-,24-,25-/m0/s1. The SMILES string of the molecule is Cc1cc(NC(=O)COC(=O)[C@H](Cc2ccccc2)N2C(=O)[C@H]3[C@H]4CC[C@@H](C4)[C@@H]3C2=O)c(C)cc1Br. The second kappa shape index (κ2) is 9.81. The smallest absolute Gasteiger partial charge is 0.330 e. The van der Waals surface area contributed by atoms with E-state index in [1.54, 1.807) is 0 Å². The largest absolute Gasteiger partial charge is 0.454 e.